The number of hydrogen-bond donors (Lipinski definition) is 2. The molecule has 1 heterocycles. The molecule has 0 aliphatic carbocycles. The second-order valence-corrected chi connectivity index (χ2v) is 5.33. The summed E-state index contributed by atoms with van der Waals surface area (Å²) in [6, 6.07) is 1.16. The van der Waals surface area contributed by atoms with Crippen LogP contribution in [0.25, 0.3) is 0 Å². The first-order valence-corrected chi connectivity index (χ1v) is 6.91. The molecule has 1 rings (SSSR count). The van der Waals surface area contributed by atoms with Crippen LogP contribution in [-0.2, 0) is 16.0 Å². The molecule has 0 aliphatic heterocycles. The fourth-order valence-electron chi connectivity index (χ4n) is 1.83. The maximum absolute atomic E-state index is 11.9. The van der Waals surface area contributed by atoms with Crippen molar-refractivity contribution in [3.8, 4) is 0 Å². The molecule has 0 spiro atoms. The Labute approximate surface area is 119 Å². The van der Waals surface area contributed by atoms with Crippen molar-refractivity contribution in [1.82, 2.24) is 15.1 Å². The SMILES string of the molecule is CC[C@H](C)[C@H](NC(=O)Cc1ccn(C(C)C)n1)C(=O)O. The van der Waals surface area contributed by atoms with Gasteiger partial charge in [-0.2, -0.15) is 5.10 Å². The van der Waals surface area contributed by atoms with E-state index < -0.39 is 12.0 Å². The molecule has 0 saturated carbocycles. The van der Waals surface area contributed by atoms with Gasteiger partial charge < -0.3 is 10.4 Å². The Morgan fingerprint density at radius 2 is 2.05 bits per heavy atom. The minimum Gasteiger partial charge on any atom is -0.480 e. The molecule has 0 aromatic carbocycles. The molecule has 112 valence electrons. The van der Waals surface area contributed by atoms with Gasteiger partial charge in [-0.25, -0.2) is 4.79 Å². The number of hydrogen-bond acceptors (Lipinski definition) is 3. The van der Waals surface area contributed by atoms with E-state index in [1.807, 2.05) is 33.9 Å². The first kappa shape index (κ1) is 16.2. The Balaban J connectivity index is 2.63. The number of carbonyl (C=O) groups is 2. The zero-order chi connectivity index (χ0) is 15.3. The Morgan fingerprint density at radius 1 is 1.40 bits per heavy atom. The minimum absolute atomic E-state index is 0.0972. The van der Waals surface area contributed by atoms with Gasteiger partial charge in [0.2, 0.25) is 5.91 Å². The summed E-state index contributed by atoms with van der Waals surface area (Å²) < 4.78 is 1.77. The predicted octanol–water partition coefficient (Wildman–Crippen LogP) is 1.62. The Kier molecular flexibility index (Phi) is 5.73. The zero-order valence-electron chi connectivity index (χ0n) is 12.5. The summed E-state index contributed by atoms with van der Waals surface area (Å²) in [4.78, 5) is 23.0. The zero-order valence-corrected chi connectivity index (χ0v) is 12.5. The van der Waals surface area contributed by atoms with Crippen LogP contribution in [-0.4, -0.2) is 32.8 Å². The maximum atomic E-state index is 11.9. The van der Waals surface area contributed by atoms with E-state index in [1.165, 1.54) is 0 Å². The van der Waals surface area contributed by atoms with Gasteiger partial charge in [0.25, 0.3) is 0 Å². The molecule has 0 bridgehead atoms. The molecule has 2 N–H and O–H groups in total. The number of carboxylic acid groups (broad SMARTS) is 1. The van der Waals surface area contributed by atoms with E-state index in [1.54, 1.807) is 10.7 Å². The molecule has 0 unspecified atom stereocenters. The fraction of sp³-hybridized carbons (Fsp3) is 0.643. The van der Waals surface area contributed by atoms with Gasteiger partial charge in [0.05, 0.1) is 12.1 Å². The van der Waals surface area contributed by atoms with Crippen molar-refractivity contribution in [2.75, 3.05) is 0 Å². The molecule has 6 nitrogen and oxygen atoms in total. The summed E-state index contributed by atoms with van der Waals surface area (Å²) in [5.41, 5.74) is 0.643. The van der Waals surface area contributed by atoms with Crippen molar-refractivity contribution in [1.29, 1.82) is 0 Å². The minimum atomic E-state index is -1.000. The third kappa shape index (κ3) is 4.36. The van der Waals surface area contributed by atoms with Crippen molar-refractivity contribution in [2.24, 2.45) is 5.92 Å². The lowest BCUT2D eigenvalue weighted by Crippen LogP contribution is -2.45. The van der Waals surface area contributed by atoms with E-state index in [4.69, 9.17) is 5.11 Å². The number of amides is 1. The van der Waals surface area contributed by atoms with E-state index in [9.17, 15) is 9.59 Å². The standard InChI is InChI=1S/C14H23N3O3/c1-5-10(4)13(14(19)20)15-12(18)8-11-6-7-17(16-11)9(2)3/h6-7,9-10,13H,5,8H2,1-4H3,(H,15,18)(H,19,20)/t10-,13-/m0/s1. The molecule has 2 atom stereocenters. The average molecular weight is 281 g/mol. The second-order valence-electron chi connectivity index (χ2n) is 5.33. The van der Waals surface area contributed by atoms with Crippen LogP contribution in [0.2, 0.25) is 0 Å². The van der Waals surface area contributed by atoms with Crippen LogP contribution >= 0.6 is 0 Å². The molecule has 1 aromatic heterocycles. The average Bonchev–Trinajstić information content (AvgIpc) is 2.83. The summed E-state index contributed by atoms with van der Waals surface area (Å²) in [5.74, 6) is -1.42. The lowest BCUT2D eigenvalue weighted by Gasteiger charge is -2.19. The topological polar surface area (TPSA) is 84.2 Å². The van der Waals surface area contributed by atoms with Crippen molar-refractivity contribution in [2.45, 2.75) is 52.6 Å². The fourth-order valence-corrected chi connectivity index (χ4v) is 1.83. The summed E-state index contributed by atoms with van der Waals surface area (Å²) in [7, 11) is 0. The van der Waals surface area contributed by atoms with Crippen LogP contribution in [0.5, 0.6) is 0 Å². The number of nitrogens with one attached hydrogen (secondary N) is 1. The van der Waals surface area contributed by atoms with Gasteiger partial charge in [0, 0.05) is 12.2 Å². The van der Waals surface area contributed by atoms with Crippen molar-refractivity contribution in [3.05, 3.63) is 18.0 Å². The molecule has 0 saturated heterocycles. The van der Waals surface area contributed by atoms with Crippen LogP contribution < -0.4 is 5.32 Å². The van der Waals surface area contributed by atoms with Gasteiger partial charge in [-0.3, -0.25) is 9.48 Å². The molecule has 1 amide bonds. The predicted molar refractivity (Wildman–Crippen MR) is 75.3 cm³/mol. The van der Waals surface area contributed by atoms with Crippen LogP contribution in [0, 0.1) is 5.92 Å². The normalized spacial score (nSPS) is 14.1. The molecule has 0 fully saturated rings. The Morgan fingerprint density at radius 3 is 2.50 bits per heavy atom. The highest BCUT2D eigenvalue weighted by atomic mass is 16.4. The molecular weight excluding hydrogens is 258 g/mol. The number of rotatable bonds is 7. The second kappa shape index (κ2) is 7.07. The Hall–Kier alpha value is -1.85. The Bertz CT molecular complexity index is 468. The number of nitrogens with zero attached hydrogens (tertiary/aromatic N) is 2. The van der Waals surface area contributed by atoms with Gasteiger partial charge >= 0.3 is 5.97 Å². The van der Waals surface area contributed by atoms with Gasteiger partial charge in [-0.1, -0.05) is 20.3 Å². The number of carbonyl (C=O) groups excluding carboxylic acids is 1. The maximum Gasteiger partial charge on any atom is 0.326 e. The van der Waals surface area contributed by atoms with Crippen LogP contribution in [0.3, 0.4) is 0 Å². The summed E-state index contributed by atoms with van der Waals surface area (Å²) in [6.45, 7) is 7.71. The van der Waals surface area contributed by atoms with E-state index in [2.05, 4.69) is 10.4 Å². The first-order valence-electron chi connectivity index (χ1n) is 6.91. The van der Waals surface area contributed by atoms with Crippen molar-refractivity contribution >= 4 is 11.9 Å². The summed E-state index contributed by atoms with van der Waals surface area (Å²) in [5, 5.41) is 16.0. The number of aliphatic carboxylic acids is 1. The quantitative estimate of drug-likeness (QED) is 0.795. The first-order chi connectivity index (χ1) is 9.35. The van der Waals surface area contributed by atoms with Gasteiger partial charge in [0.15, 0.2) is 0 Å². The van der Waals surface area contributed by atoms with Crippen LogP contribution in [0.1, 0.15) is 45.9 Å². The van der Waals surface area contributed by atoms with Gasteiger partial charge in [0.1, 0.15) is 6.04 Å². The molecular formula is C14H23N3O3. The van der Waals surface area contributed by atoms with Crippen molar-refractivity contribution in [3.63, 3.8) is 0 Å². The lowest BCUT2D eigenvalue weighted by molar-refractivity contribution is -0.143. The highest BCUT2D eigenvalue weighted by molar-refractivity contribution is 5.84. The molecule has 6 heteroatoms. The number of aromatic nitrogens is 2. The summed E-state index contributed by atoms with van der Waals surface area (Å²) >= 11 is 0. The lowest BCUT2D eigenvalue weighted by atomic mass is 9.99. The third-order valence-electron chi connectivity index (χ3n) is 3.33. The highest BCUT2D eigenvalue weighted by Crippen LogP contribution is 2.09. The smallest absolute Gasteiger partial charge is 0.326 e. The van der Waals surface area contributed by atoms with Gasteiger partial charge in [-0.15, -0.1) is 0 Å². The highest BCUT2D eigenvalue weighted by Gasteiger charge is 2.25. The molecule has 0 aliphatic rings. The van der Waals surface area contributed by atoms with Crippen LogP contribution in [0.4, 0.5) is 0 Å². The molecule has 1 aromatic rings. The van der Waals surface area contributed by atoms with Crippen molar-refractivity contribution < 1.29 is 14.7 Å². The van der Waals surface area contributed by atoms with Crippen LogP contribution in [0.15, 0.2) is 12.3 Å². The third-order valence-corrected chi connectivity index (χ3v) is 3.33. The van der Waals surface area contributed by atoms with E-state index in [-0.39, 0.29) is 24.3 Å². The monoisotopic (exact) mass is 281 g/mol. The van der Waals surface area contributed by atoms with E-state index >= 15 is 0 Å². The van der Waals surface area contributed by atoms with E-state index in [0.29, 0.717) is 12.1 Å². The molecule has 20 heavy (non-hydrogen) atoms. The van der Waals surface area contributed by atoms with Gasteiger partial charge in [-0.05, 0) is 25.8 Å². The summed E-state index contributed by atoms with van der Waals surface area (Å²) in [6.07, 6.45) is 2.61. The molecule has 0 radical (unpaired) electrons. The number of carboxylic acids is 1. The van der Waals surface area contributed by atoms with E-state index in [0.717, 1.165) is 0 Å². The largest absolute Gasteiger partial charge is 0.480 e.